The van der Waals surface area contributed by atoms with E-state index in [9.17, 15) is 14.7 Å². The number of fused-ring (bicyclic) bond motifs is 1. The van der Waals surface area contributed by atoms with Crippen molar-refractivity contribution in [3.8, 4) is 10.6 Å². The quantitative estimate of drug-likeness (QED) is 0.451. The number of amides is 2. The summed E-state index contributed by atoms with van der Waals surface area (Å²) in [6.45, 7) is 2.44. The average molecular weight is 538 g/mol. The number of hydrogen-bond acceptors (Lipinski definition) is 5. The zero-order valence-electron chi connectivity index (χ0n) is 21.1. The van der Waals surface area contributed by atoms with Gasteiger partial charge in [0.2, 0.25) is 5.91 Å². The minimum Gasteiger partial charge on any atom is -0.396 e. The van der Waals surface area contributed by atoms with E-state index in [1.807, 2.05) is 30.3 Å². The predicted molar refractivity (Wildman–Crippen MR) is 144 cm³/mol. The van der Waals surface area contributed by atoms with Gasteiger partial charge in [-0.25, -0.2) is 13.8 Å². The van der Waals surface area contributed by atoms with Gasteiger partial charge in [-0.3, -0.25) is 9.59 Å². The Hall–Kier alpha value is -3.43. The molecule has 2 aliphatic heterocycles. The van der Waals surface area contributed by atoms with Gasteiger partial charge in [-0.2, -0.15) is 0 Å². The van der Waals surface area contributed by atoms with Gasteiger partial charge < -0.3 is 14.9 Å². The fourth-order valence-corrected chi connectivity index (χ4v) is 6.03. The maximum absolute atomic E-state index is 15.6. The average Bonchev–Trinajstić information content (AvgIpc) is 3.29. The standard InChI is InChI=1S/C29H29F2N3O3S/c1-19-26(38-27(32-19)21-7-3-2-4-8-21)28(37)34-16-13-29(30,31)23(22-9-5-6-10-24(22)34)17-25(36)33-14-11-20(18-35)12-15-33/h2-10,17,20,35H,11-16,18H2,1H3. The first kappa shape index (κ1) is 26.2. The number of nitrogens with zero attached hydrogens (tertiary/aromatic N) is 3. The second-order valence-corrected chi connectivity index (χ2v) is 10.7. The molecule has 1 fully saturated rings. The molecule has 3 heterocycles. The molecule has 0 saturated carbocycles. The molecule has 0 aliphatic carbocycles. The molecule has 0 radical (unpaired) electrons. The van der Waals surface area contributed by atoms with Crippen LogP contribution in [-0.4, -0.2) is 59.0 Å². The number of hydrogen-bond donors (Lipinski definition) is 1. The van der Waals surface area contributed by atoms with E-state index in [0.29, 0.717) is 47.2 Å². The van der Waals surface area contributed by atoms with E-state index < -0.39 is 18.3 Å². The van der Waals surface area contributed by atoms with Crippen LogP contribution in [0.3, 0.4) is 0 Å². The van der Waals surface area contributed by atoms with Crippen LogP contribution < -0.4 is 4.90 Å². The molecular formula is C29H29F2N3O3S. The first-order valence-corrected chi connectivity index (χ1v) is 13.5. The Labute approximate surface area is 224 Å². The fraction of sp³-hybridized carbons (Fsp3) is 0.345. The van der Waals surface area contributed by atoms with Crippen molar-refractivity contribution in [1.29, 1.82) is 0 Å². The summed E-state index contributed by atoms with van der Waals surface area (Å²) >= 11 is 1.24. The molecule has 1 aromatic heterocycles. The van der Waals surface area contributed by atoms with E-state index >= 15 is 8.78 Å². The molecule has 2 aromatic carbocycles. The zero-order valence-corrected chi connectivity index (χ0v) is 21.9. The number of rotatable bonds is 4. The third kappa shape index (κ3) is 5.13. The number of aromatic nitrogens is 1. The minimum atomic E-state index is -3.30. The normalized spacial score (nSPS) is 18.8. The van der Waals surface area contributed by atoms with Gasteiger partial charge in [0, 0.05) is 55.4 Å². The molecule has 0 unspecified atom stereocenters. The number of carbonyl (C=O) groups is 2. The molecule has 6 nitrogen and oxygen atoms in total. The van der Waals surface area contributed by atoms with Gasteiger partial charge in [0.05, 0.1) is 11.4 Å². The SMILES string of the molecule is Cc1nc(-c2ccccc2)sc1C(=O)N1CCC(F)(F)C(=CC(=O)N2CCC(CO)CC2)c2ccccc21. The monoisotopic (exact) mass is 537 g/mol. The molecule has 9 heteroatoms. The van der Waals surface area contributed by atoms with E-state index in [1.54, 1.807) is 36.1 Å². The summed E-state index contributed by atoms with van der Waals surface area (Å²) in [5, 5.41) is 10.1. The summed E-state index contributed by atoms with van der Waals surface area (Å²) in [7, 11) is 0. The highest BCUT2D eigenvalue weighted by molar-refractivity contribution is 7.17. The third-order valence-electron chi connectivity index (χ3n) is 7.24. The summed E-state index contributed by atoms with van der Waals surface area (Å²) in [5.74, 6) is -4.04. The lowest BCUT2D eigenvalue weighted by Crippen LogP contribution is -2.38. The highest BCUT2D eigenvalue weighted by atomic mass is 32.1. The van der Waals surface area contributed by atoms with Crippen molar-refractivity contribution in [2.45, 2.75) is 32.1 Å². The molecular weight excluding hydrogens is 508 g/mol. The van der Waals surface area contributed by atoms with Crippen LogP contribution in [0.25, 0.3) is 16.1 Å². The van der Waals surface area contributed by atoms with Crippen molar-refractivity contribution < 1.29 is 23.5 Å². The van der Waals surface area contributed by atoms with Crippen molar-refractivity contribution in [3.63, 3.8) is 0 Å². The Bertz CT molecular complexity index is 1360. The maximum atomic E-state index is 15.6. The van der Waals surface area contributed by atoms with E-state index in [0.717, 1.165) is 11.6 Å². The van der Waals surface area contributed by atoms with E-state index in [-0.39, 0.29) is 36.1 Å². The number of piperidine rings is 1. The minimum absolute atomic E-state index is 0.0600. The summed E-state index contributed by atoms with van der Waals surface area (Å²) in [6, 6.07) is 16.0. The lowest BCUT2D eigenvalue weighted by Gasteiger charge is -2.31. The van der Waals surface area contributed by atoms with Gasteiger partial charge >= 0.3 is 0 Å². The Balaban J connectivity index is 1.49. The van der Waals surface area contributed by atoms with Crippen molar-refractivity contribution in [1.82, 2.24) is 9.88 Å². The van der Waals surface area contributed by atoms with Crippen molar-refractivity contribution >= 4 is 34.4 Å². The van der Waals surface area contributed by atoms with Crippen molar-refractivity contribution in [2.24, 2.45) is 5.92 Å². The highest BCUT2D eigenvalue weighted by Gasteiger charge is 2.42. The number of allylic oxidation sites excluding steroid dienone is 1. The van der Waals surface area contributed by atoms with Gasteiger partial charge in [0.1, 0.15) is 9.88 Å². The van der Waals surface area contributed by atoms with Crippen LogP contribution in [0.2, 0.25) is 0 Å². The lowest BCUT2D eigenvalue weighted by atomic mass is 9.95. The van der Waals surface area contributed by atoms with Crippen LogP contribution in [0.5, 0.6) is 0 Å². The van der Waals surface area contributed by atoms with Crippen LogP contribution in [-0.2, 0) is 4.79 Å². The topological polar surface area (TPSA) is 73.7 Å². The molecule has 3 aromatic rings. The number of alkyl halides is 2. The van der Waals surface area contributed by atoms with Gasteiger partial charge in [-0.1, -0.05) is 48.5 Å². The Morgan fingerprint density at radius 2 is 1.76 bits per heavy atom. The maximum Gasteiger partial charge on any atom is 0.275 e. The second kappa shape index (κ2) is 10.7. The van der Waals surface area contributed by atoms with Gasteiger partial charge in [0.25, 0.3) is 11.8 Å². The van der Waals surface area contributed by atoms with Crippen LogP contribution in [0.1, 0.15) is 40.2 Å². The van der Waals surface area contributed by atoms with Crippen LogP contribution >= 0.6 is 11.3 Å². The smallest absolute Gasteiger partial charge is 0.275 e. The van der Waals surface area contributed by atoms with Crippen molar-refractivity contribution in [3.05, 3.63) is 76.8 Å². The summed E-state index contributed by atoms with van der Waals surface area (Å²) in [4.78, 5) is 34.7. The van der Waals surface area contributed by atoms with Crippen LogP contribution in [0.4, 0.5) is 14.5 Å². The largest absolute Gasteiger partial charge is 0.396 e. The first-order valence-electron chi connectivity index (χ1n) is 12.7. The van der Waals surface area contributed by atoms with Gasteiger partial charge in [-0.05, 0) is 31.7 Å². The molecule has 1 N–H and O–H groups in total. The number of halogens is 2. The van der Waals surface area contributed by atoms with Gasteiger partial charge in [-0.15, -0.1) is 11.3 Å². The second-order valence-electron chi connectivity index (χ2n) is 9.74. The molecule has 2 amide bonds. The van der Waals surface area contributed by atoms with E-state index in [1.165, 1.54) is 16.2 Å². The molecule has 198 valence electrons. The molecule has 2 aliphatic rings. The number of carbonyl (C=O) groups excluding carboxylic acids is 2. The summed E-state index contributed by atoms with van der Waals surface area (Å²) < 4.78 is 31.2. The Morgan fingerprint density at radius 1 is 1.08 bits per heavy atom. The van der Waals surface area contributed by atoms with Crippen LogP contribution in [0, 0.1) is 12.8 Å². The van der Waals surface area contributed by atoms with Gasteiger partial charge in [0.15, 0.2) is 0 Å². The summed E-state index contributed by atoms with van der Waals surface area (Å²) in [5.41, 5.74) is 1.58. The molecule has 0 atom stereocenters. The van der Waals surface area contributed by atoms with E-state index in [2.05, 4.69) is 4.98 Å². The lowest BCUT2D eigenvalue weighted by molar-refractivity contribution is -0.127. The predicted octanol–water partition coefficient (Wildman–Crippen LogP) is 5.42. The third-order valence-corrected chi connectivity index (χ3v) is 8.43. The number of aryl methyl sites for hydroxylation is 1. The molecule has 38 heavy (non-hydrogen) atoms. The molecule has 5 rings (SSSR count). The molecule has 0 bridgehead atoms. The number of aliphatic hydroxyl groups excluding tert-OH is 1. The number of thiazole rings is 1. The summed E-state index contributed by atoms with van der Waals surface area (Å²) in [6.07, 6.45) is 1.71. The first-order chi connectivity index (χ1) is 18.3. The Morgan fingerprint density at radius 3 is 2.47 bits per heavy atom. The number of para-hydroxylation sites is 1. The molecule has 0 spiro atoms. The number of benzene rings is 2. The Kier molecular flexibility index (Phi) is 7.40. The number of likely N-dealkylation sites (tertiary alicyclic amines) is 1. The van der Waals surface area contributed by atoms with E-state index in [4.69, 9.17) is 0 Å². The highest BCUT2D eigenvalue weighted by Crippen LogP contribution is 2.44. The molecule has 1 saturated heterocycles. The number of anilines is 1. The van der Waals surface area contributed by atoms with Crippen LogP contribution in [0.15, 0.2) is 60.7 Å². The number of aliphatic hydroxyl groups is 1. The fourth-order valence-electron chi connectivity index (χ4n) is 5.01. The zero-order chi connectivity index (χ0) is 26.9. The van der Waals surface area contributed by atoms with Crippen molar-refractivity contribution in [2.75, 3.05) is 31.1 Å².